The molecule has 8 heteroatoms. The van der Waals surface area contributed by atoms with E-state index in [0.717, 1.165) is 11.1 Å². The van der Waals surface area contributed by atoms with Crippen molar-refractivity contribution >= 4 is 16.7 Å². The number of benzene rings is 2. The van der Waals surface area contributed by atoms with Crippen molar-refractivity contribution in [2.75, 3.05) is 33.1 Å². The Kier molecular flexibility index (Phi) is 8.48. The Morgan fingerprint density at radius 2 is 1.83 bits per heavy atom. The number of aliphatic hydroxyl groups excluding tert-OH is 1. The van der Waals surface area contributed by atoms with E-state index in [1.807, 2.05) is 38.1 Å². The number of ether oxygens (including phenoxy) is 3. The van der Waals surface area contributed by atoms with Gasteiger partial charge in [-0.25, -0.2) is 0 Å². The highest BCUT2D eigenvalue weighted by atomic mass is 32.2. The minimum atomic E-state index is -1.15. The molecule has 0 saturated carbocycles. The molecule has 0 aliphatic carbocycles. The minimum Gasteiger partial charge on any atom is -0.493 e. The van der Waals surface area contributed by atoms with E-state index in [9.17, 15) is 14.1 Å². The second-order valence-corrected chi connectivity index (χ2v) is 7.89. The van der Waals surface area contributed by atoms with Gasteiger partial charge in [-0.2, -0.15) is 0 Å². The van der Waals surface area contributed by atoms with Gasteiger partial charge in [-0.3, -0.25) is 9.00 Å². The third-order valence-electron chi connectivity index (χ3n) is 4.19. The van der Waals surface area contributed by atoms with Crippen molar-refractivity contribution in [3.05, 3.63) is 47.5 Å². The van der Waals surface area contributed by atoms with Crippen LogP contribution in [0.5, 0.6) is 17.2 Å². The van der Waals surface area contributed by atoms with Crippen LogP contribution in [0, 0.1) is 13.8 Å². The van der Waals surface area contributed by atoms with Gasteiger partial charge in [0.1, 0.15) is 18.5 Å². The second kappa shape index (κ2) is 10.8. The molecule has 0 spiro atoms. The van der Waals surface area contributed by atoms with Gasteiger partial charge < -0.3 is 24.6 Å². The zero-order valence-electron chi connectivity index (χ0n) is 17.1. The van der Waals surface area contributed by atoms with E-state index < -0.39 is 16.9 Å². The summed E-state index contributed by atoms with van der Waals surface area (Å²) in [6.45, 7) is 3.60. The van der Waals surface area contributed by atoms with Crippen LogP contribution < -0.4 is 19.5 Å². The third kappa shape index (κ3) is 6.76. The zero-order valence-corrected chi connectivity index (χ0v) is 17.9. The summed E-state index contributed by atoms with van der Waals surface area (Å²) in [7, 11) is 0.323. The van der Waals surface area contributed by atoms with Gasteiger partial charge >= 0.3 is 0 Å². The molecule has 7 nitrogen and oxygen atoms in total. The molecular weight excluding hydrogens is 394 g/mol. The predicted molar refractivity (Wildman–Crippen MR) is 111 cm³/mol. The van der Waals surface area contributed by atoms with Gasteiger partial charge in [-0.05, 0) is 37.1 Å². The van der Waals surface area contributed by atoms with Crippen LogP contribution in [0.25, 0.3) is 0 Å². The third-order valence-corrected chi connectivity index (χ3v) is 5.25. The minimum absolute atomic E-state index is 0.0397. The number of carbonyl (C=O) groups excluding carboxylic acids is 1. The van der Waals surface area contributed by atoms with Crippen LogP contribution in [0.4, 0.5) is 0 Å². The molecule has 2 N–H and O–H groups in total. The Balaban J connectivity index is 1.81. The molecule has 0 aliphatic rings. The van der Waals surface area contributed by atoms with Crippen molar-refractivity contribution in [3.63, 3.8) is 0 Å². The average molecular weight is 422 g/mol. The number of nitrogens with one attached hydrogen (secondary N) is 1. The molecule has 29 heavy (non-hydrogen) atoms. The Hall–Kier alpha value is -2.58. The number of methoxy groups -OCH3 is 1. The Morgan fingerprint density at radius 3 is 2.48 bits per heavy atom. The maximum atomic E-state index is 12.0. The molecule has 0 bridgehead atoms. The van der Waals surface area contributed by atoms with Crippen molar-refractivity contribution in [1.29, 1.82) is 0 Å². The molecular formula is C21H27NO6S. The lowest BCUT2D eigenvalue weighted by molar-refractivity contribution is -0.123. The molecule has 0 saturated heterocycles. The highest BCUT2D eigenvalue weighted by Crippen LogP contribution is 2.31. The van der Waals surface area contributed by atoms with Gasteiger partial charge in [0, 0.05) is 23.8 Å². The van der Waals surface area contributed by atoms with Crippen molar-refractivity contribution in [2.24, 2.45) is 0 Å². The molecule has 0 radical (unpaired) electrons. The highest BCUT2D eigenvalue weighted by Gasteiger charge is 2.14. The normalized spacial score (nSPS) is 12.7. The SMILES string of the molecule is COc1cc(S(C)=O)c(C)cc1OCC(=O)NCC(O)COc1ccccc1C. The molecule has 0 fully saturated rings. The summed E-state index contributed by atoms with van der Waals surface area (Å²) in [6.07, 6.45) is 0.735. The summed E-state index contributed by atoms with van der Waals surface area (Å²) >= 11 is 0. The summed E-state index contributed by atoms with van der Waals surface area (Å²) < 4.78 is 28.1. The lowest BCUT2D eigenvalue weighted by Gasteiger charge is -2.16. The van der Waals surface area contributed by atoms with Gasteiger partial charge in [0.15, 0.2) is 18.1 Å². The lowest BCUT2D eigenvalue weighted by Crippen LogP contribution is -2.37. The van der Waals surface area contributed by atoms with Gasteiger partial charge in [0.05, 0.1) is 17.9 Å². The van der Waals surface area contributed by atoms with Crippen molar-refractivity contribution in [1.82, 2.24) is 5.32 Å². The fraction of sp³-hybridized carbons (Fsp3) is 0.381. The van der Waals surface area contributed by atoms with Crippen LogP contribution >= 0.6 is 0 Å². The van der Waals surface area contributed by atoms with Crippen LogP contribution in [0.3, 0.4) is 0 Å². The number of hydrogen-bond donors (Lipinski definition) is 2. The van der Waals surface area contributed by atoms with E-state index in [4.69, 9.17) is 14.2 Å². The van der Waals surface area contributed by atoms with Gasteiger partial charge in [-0.1, -0.05) is 18.2 Å². The van der Waals surface area contributed by atoms with E-state index in [1.165, 1.54) is 7.11 Å². The van der Waals surface area contributed by atoms with E-state index >= 15 is 0 Å². The molecule has 2 unspecified atom stereocenters. The number of carbonyl (C=O) groups is 1. The average Bonchev–Trinajstić information content (AvgIpc) is 2.69. The summed E-state index contributed by atoms with van der Waals surface area (Å²) in [4.78, 5) is 12.7. The molecule has 1 amide bonds. The molecule has 0 heterocycles. The van der Waals surface area contributed by atoms with Crippen LogP contribution in [0.15, 0.2) is 41.3 Å². The van der Waals surface area contributed by atoms with Crippen molar-refractivity contribution in [3.8, 4) is 17.2 Å². The zero-order chi connectivity index (χ0) is 21.4. The summed E-state index contributed by atoms with van der Waals surface area (Å²) in [5, 5.41) is 12.6. The number of aryl methyl sites for hydroxylation is 2. The molecule has 2 rings (SSSR count). The largest absolute Gasteiger partial charge is 0.493 e. The second-order valence-electron chi connectivity index (χ2n) is 6.55. The highest BCUT2D eigenvalue weighted by molar-refractivity contribution is 7.84. The summed E-state index contributed by atoms with van der Waals surface area (Å²) in [5.74, 6) is 1.10. The quantitative estimate of drug-likeness (QED) is 0.609. The first-order chi connectivity index (χ1) is 13.8. The first-order valence-corrected chi connectivity index (χ1v) is 10.7. The van der Waals surface area contributed by atoms with Crippen LogP contribution in [0.1, 0.15) is 11.1 Å². The van der Waals surface area contributed by atoms with Gasteiger partial charge in [0.2, 0.25) is 0 Å². The monoisotopic (exact) mass is 421 g/mol. The standard InChI is InChI=1S/C21H27NO6S/c1-14-7-5-6-8-17(14)27-12-16(23)11-22-21(24)13-28-19-9-15(2)20(29(4)25)10-18(19)26-3/h5-10,16,23H,11-13H2,1-4H3,(H,22,24). The first-order valence-electron chi connectivity index (χ1n) is 9.09. The van der Waals surface area contributed by atoms with E-state index in [1.54, 1.807) is 18.4 Å². The Morgan fingerprint density at radius 1 is 1.10 bits per heavy atom. The van der Waals surface area contributed by atoms with Crippen LogP contribution in [-0.2, 0) is 15.6 Å². The molecule has 0 aliphatic heterocycles. The van der Waals surface area contributed by atoms with Gasteiger partial charge in [0.25, 0.3) is 5.91 Å². The number of para-hydroxylation sites is 1. The van der Waals surface area contributed by atoms with E-state index in [0.29, 0.717) is 22.1 Å². The number of hydrogen-bond acceptors (Lipinski definition) is 6. The van der Waals surface area contributed by atoms with Crippen LogP contribution in [-0.4, -0.2) is 54.5 Å². The van der Waals surface area contributed by atoms with E-state index in [2.05, 4.69) is 5.32 Å². The van der Waals surface area contributed by atoms with Gasteiger partial charge in [-0.15, -0.1) is 0 Å². The number of rotatable bonds is 10. The lowest BCUT2D eigenvalue weighted by atomic mass is 10.2. The molecule has 2 aromatic rings. The maximum Gasteiger partial charge on any atom is 0.258 e. The van der Waals surface area contributed by atoms with Crippen molar-refractivity contribution < 1.29 is 28.3 Å². The maximum absolute atomic E-state index is 12.0. The molecule has 158 valence electrons. The van der Waals surface area contributed by atoms with Crippen molar-refractivity contribution in [2.45, 2.75) is 24.8 Å². The Bertz CT molecular complexity index is 870. The topological polar surface area (TPSA) is 94.1 Å². The predicted octanol–water partition coefficient (Wildman–Crippen LogP) is 1.98. The molecule has 2 atom stereocenters. The number of aliphatic hydroxyl groups is 1. The fourth-order valence-corrected chi connectivity index (χ4v) is 3.40. The molecule has 2 aromatic carbocycles. The fourth-order valence-electron chi connectivity index (χ4n) is 2.61. The molecule has 0 aromatic heterocycles. The smallest absolute Gasteiger partial charge is 0.258 e. The summed E-state index contributed by atoms with van der Waals surface area (Å²) in [6, 6.07) is 10.8. The van der Waals surface area contributed by atoms with Crippen LogP contribution in [0.2, 0.25) is 0 Å². The first kappa shape index (κ1) is 22.7. The summed E-state index contributed by atoms with van der Waals surface area (Å²) in [5.41, 5.74) is 1.75. The Labute approximate surface area is 173 Å². The number of amides is 1. The van der Waals surface area contributed by atoms with E-state index in [-0.39, 0.29) is 25.7 Å².